The van der Waals surface area contributed by atoms with E-state index >= 15 is 0 Å². The molecule has 0 unspecified atom stereocenters. The molecule has 0 aliphatic heterocycles. The van der Waals surface area contributed by atoms with E-state index in [1.807, 2.05) is 54.6 Å². The van der Waals surface area contributed by atoms with Gasteiger partial charge in [-0.05, 0) is 12.8 Å². The van der Waals surface area contributed by atoms with Gasteiger partial charge in [0, 0.05) is 0 Å². The SMILES string of the molecule is CCCCCC(=O)c1cc[cH-]c1.[Fe+2].c1cc[cH-]c1. The van der Waals surface area contributed by atoms with Gasteiger partial charge in [-0.3, -0.25) is 0 Å². The molecule has 0 fully saturated rings. The van der Waals surface area contributed by atoms with E-state index in [1.165, 1.54) is 6.42 Å². The van der Waals surface area contributed by atoms with Crippen molar-refractivity contribution in [2.45, 2.75) is 32.6 Å². The molecule has 0 spiro atoms. The van der Waals surface area contributed by atoms with Gasteiger partial charge in [0.2, 0.25) is 0 Å². The van der Waals surface area contributed by atoms with E-state index in [0.29, 0.717) is 6.42 Å². The number of Topliss-reactive ketones (excluding diaryl/α,β-unsaturated/α-hetero) is 1. The van der Waals surface area contributed by atoms with Gasteiger partial charge in [-0.2, -0.15) is 36.4 Å². The maximum Gasteiger partial charge on any atom is 2.00 e. The van der Waals surface area contributed by atoms with Crippen LogP contribution < -0.4 is 0 Å². The van der Waals surface area contributed by atoms with E-state index in [1.54, 1.807) is 0 Å². The van der Waals surface area contributed by atoms with Gasteiger partial charge in [0.25, 0.3) is 0 Å². The molecule has 0 atom stereocenters. The Bertz CT molecular complexity index is 356. The summed E-state index contributed by atoms with van der Waals surface area (Å²) >= 11 is 0. The van der Waals surface area contributed by atoms with Gasteiger partial charge in [0.05, 0.1) is 5.78 Å². The molecular weight excluding hydrogens is 264 g/mol. The van der Waals surface area contributed by atoms with Crippen LogP contribution in [0.25, 0.3) is 0 Å². The number of carbonyl (C=O) groups excluding carboxylic acids is 1. The fourth-order valence-electron chi connectivity index (χ4n) is 1.56. The Morgan fingerprint density at radius 3 is 2.28 bits per heavy atom. The zero-order valence-electron chi connectivity index (χ0n) is 10.8. The van der Waals surface area contributed by atoms with Crippen LogP contribution in [0.1, 0.15) is 43.0 Å². The van der Waals surface area contributed by atoms with Crippen molar-refractivity contribution in [3.8, 4) is 0 Å². The molecule has 0 amide bonds. The van der Waals surface area contributed by atoms with E-state index in [9.17, 15) is 4.79 Å². The van der Waals surface area contributed by atoms with Crippen molar-refractivity contribution in [3.63, 3.8) is 0 Å². The second-order valence-electron chi connectivity index (χ2n) is 4.02. The molecule has 0 aliphatic rings. The first-order chi connectivity index (χ1) is 8.34. The fourth-order valence-corrected chi connectivity index (χ4v) is 1.56. The third-order valence-corrected chi connectivity index (χ3v) is 2.55. The van der Waals surface area contributed by atoms with Crippen molar-refractivity contribution >= 4 is 5.78 Å². The fraction of sp³-hybridized carbons (Fsp3) is 0.312. The molecule has 0 heterocycles. The van der Waals surface area contributed by atoms with Crippen LogP contribution >= 0.6 is 0 Å². The molecule has 2 heteroatoms. The standard InChI is InChI=1S/C11H15O.C5H5.Fe/c1-2-3-4-9-11(12)10-7-5-6-8-10;1-2-4-5-3-1;/h5-8H,2-4,9H2,1H3;1-5H;/q2*-1;+2. The molecule has 0 N–H and O–H groups in total. The molecule has 0 bridgehead atoms. The first-order valence-electron chi connectivity index (χ1n) is 6.26. The minimum absolute atomic E-state index is 0. The average Bonchev–Trinajstić information content (AvgIpc) is 3.05. The predicted molar refractivity (Wildman–Crippen MR) is 72.5 cm³/mol. The molecular formula is C16H20FeO. The quantitative estimate of drug-likeness (QED) is 0.340. The first kappa shape index (κ1) is 16.9. The smallest absolute Gasteiger partial charge is 0.310 e. The Kier molecular flexibility index (Phi) is 10.3. The van der Waals surface area contributed by atoms with Gasteiger partial charge in [-0.25, -0.2) is 18.2 Å². The van der Waals surface area contributed by atoms with Gasteiger partial charge in [-0.1, -0.05) is 19.8 Å². The molecule has 0 aliphatic carbocycles. The molecule has 1 nitrogen and oxygen atoms in total. The summed E-state index contributed by atoms with van der Waals surface area (Å²) in [6.45, 7) is 2.15. The zero-order chi connectivity index (χ0) is 12.3. The Hall–Kier alpha value is -1.11. The Morgan fingerprint density at radius 1 is 1.11 bits per heavy atom. The third-order valence-electron chi connectivity index (χ3n) is 2.55. The van der Waals surface area contributed by atoms with Crippen LogP contribution in [0.5, 0.6) is 0 Å². The monoisotopic (exact) mass is 284 g/mol. The number of carbonyl (C=O) groups is 1. The molecule has 0 radical (unpaired) electrons. The van der Waals surface area contributed by atoms with Gasteiger partial charge in [-0.15, -0.1) is 5.56 Å². The summed E-state index contributed by atoms with van der Waals surface area (Å²) in [5, 5.41) is 0. The van der Waals surface area contributed by atoms with Crippen molar-refractivity contribution in [2.75, 3.05) is 0 Å². The van der Waals surface area contributed by atoms with Crippen LogP contribution in [-0.4, -0.2) is 5.78 Å². The Balaban J connectivity index is 0.000000405. The van der Waals surface area contributed by atoms with Crippen molar-refractivity contribution in [3.05, 3.63) is 60.2 Å². The number of hydrogen-bond donors (Lipinski definition) is 0. The molecule has 0 saturated heterocycles. The van der Waals surface area contributed by atoms with Crippen LogP contribution in [0.15, 0.2) is 54.6 Å². The first-order valence-corrected chi connectivity index (χ1v) is 6.26. The third kappa shape index (κ3) is 7.26. The summed E-state index contributed by atoms with van der Waals surface area (Å²) in [6.07, 6.45) is 4.07. The predicted octanol–water partition coefficient (Wildman–Crippen LogP) is 4.57. The summed E-state index contributed by atoms with van der Waals surface area (Å²) < 4.78 is 0. The summed E-state index contributed by atoms with van der Waals surface area (Å²) in [5.41, 5.74) is 0.867. The van der Waals surface area contributed by atoms with Crippen LogP contribution in [-0.2, 0) is 17.1 Å². The van der Waals surface area contributed by atoms with Crippen molar-refractivity contribution in [2.24, 2.45) is 0 Å². The minimum atomic E-state index is 0. The molecule has 18 heavy (non-hydrogen) atoms. The van der Waals surface area contributed by atoms with Crippen molar-refractivity contribution < 1.29 is 21.9 Å². The van der Waals surface area contributed by atoms with Gasteiger partial charge in [0.1, 0.15) is 0 Å². The summed E-state index contributed by atoms with van der Waals surface area (Å²) in [5.74, 6) is 0.286. The second kappa shape index (κ2) is 11.0. The van der Waals surface area contributed by atoms with Crippen LogP contribution in [0.4, 0.5) is 0 Å². The van der Waals surface area contributed by atoms with E-state index in [2.05, 4.69) is 6.92 Å². The van der Waals surface area contributed by atoms with Crippen LogP contribution in [0.3, 0.4) is 0 Å². The van der Waals surface area contributed by atoms with E-state index in [0.717, 1.165) is 18.4 Å². The molecule has 2 aromatic rings. The van der Waals surface area contributed by atoms with Gasteiger partial charge in [0.15, 0.2) is 0 Å². The van der Waals surface area contributed by atoms with Gasteiger partial charge < -0.3 is 4.79 Å². The maximum atomic E-state index is 11.4. The van der Waals surface area contributed by atoms with E-state index in [4.69, 9.17) is 0 Å². The largest absolute Gasteiger partial charge is 2.00 e. The summed E-state index contributed by atoms with van der Waals surface area (Å²) in [6, 6.07) is 17.6. The second-order valence-corrected chi connectivity index (χ2v) is 4.02. The molecule has 2 aromatic carbocycles. The van der Waals surface area contributed by atoms with Crippen molar-refractivity contribution in [1.29, 1.82) is 0 Å². The van der Waals surface area contributed by atoms with Crippen molar-refractivity contribution in [1.82, 2.24) is 0 Å². The van der Waals surface area contributed by atoms with Crippen LogP contribution in [0, 0.1) is 0 Å². The number of rotatable bonds is 5. The molecule has 0 aromatic heterocycles. The summed E-state index contributed by atoms with van der Waals surface area (Å²) in [7, 11) is 0. The van der Waals surface area contributed by atoms with Gasteiger partial charge >= 0.3 is 17.1 Å². The molecule has 98 valence electrons. The zero-order valence-corrected chi connectivity index (χ0v) is 11.9. The number of ketones is 1. The maximum absolute atomic E-state index is 11.4. The number of unbranched alkanes of at least 4 members (excludes halogenated alkanes) is 2. The number of hydrogen-bond acceptors (Lipinski definition) is 1. The molecule has 2 rings (SSSR count). The summed E-state index contributed by atoms with van der Waals surface area (Å²) in [4.78, 5) is 11.4. The molecule has 0 saturated carbocycles. The average molecular weight is 284 g/mol. The van der Waals surface area contributed by atoms with Crippen LogP contribution in [0.2, 0.25) is 0 Å². The topological polar surface area (TPSA) is 17.1 Å². The normalized spacial score (nSPS) is 8.94. The Morgan fingerprint density at radius 2 is 1.83 bits per heavy atom. The van der Waals surface area contributed by atoms with E-state index in [-0.39, 0.29) is 22.9 Å². The minimum Gasteiger partial charge on any atom is -0.310 e. The Labute approximate surface area is 120 Å². The van der Waals surface area contributed by atoms with E-state index < -0.39 is 0 Å².